The van der Waals surface area contributed by atoms with E-state index in [1.54, 1.807) is 36.4 Å². The van der Waals surface area contributed by atoms with Crippen LogP contribution in [0.2, 0.25) is 0 Å². The molecule has 1 aliphatic rings. The zero-order valence-corrected chi connectivity index (χ0v) is 16.6. The number of amides is 1. The minimum atomic E-state index is -0.581. The van der Waals surface area contributed by atoms with Gasteiger partial charge >= 0.3 is 0 Å². The molecule has 0 bridgehead atoms. The first-order chi connectivity index (χ1) is 13.4. The van der Waals surface area contributed by atoms with Crippen molar-refractivity contribution in [2.75, 3.05) is 0 Å². The van der Waals surface area contributed by atoms with E-state index in [4.69, 9.17) is 0 Å². The van der Waals surface area contributed by atoms with Gasteiger partial charge in [0.15, 0.2) is 11.0 Å². The van der Waals surface area contributed by atoms with Crippen LogP contribution in [0.25, 0.3) is 0 Å². The van der Waals surface area contributed by atoms with Gasteiger partial charge in [0, 0.05) is 34.2 Å². The van der Waals surface area contributed by atoms with E-state index in [1.807, 2.05) is 0 Å². The molecule has 3 rings (SSSR count). The molecule has 1 saturated heterocycles. The molecule has 28 heavy (non-hydrogen) atoms. The molecule has 1 N–H and O–H groups in total. The van der Waals surface area contributed by atoms with Crippen molar-refractivity contribution in [1.29, 1.82) is 0 Å². The number of hydrogen-bond acceptors (Lipinski definition) is 7. The molecule has 1 amide bonds. The molecule has 0 aromatic heterocycles. The average Bonchev–Trinajstić information content (AvgIpc) is 3.01. The summed E-state index contributed by atoms with van der Waals surface area (Å²) in [5, 5.41) is 20.8. The molecule has 1 heterocycles. The van der Waals surface area contributed by atoms with Crippen molar-refractivity contribution in [2.24, 2.45) is 10.2 Å². The van der Waals surface area contributed by atoms with Gasteiger partial charge in [-0.15, -0.1) is 5.10 Å². The average molecular weight is 461 g/mol. The highest BCUT2D eigenvalue weighted by Crippen LogP contribution is 2.24. The lowest BCUT2D eigenvalue weighted by Gasteiger charge is -2.04. The number of nitrogens with zero attached hydrogens (tertiary/aromatic N) is 3. The van der Waals surface area contributed by atoms with Crippen LogP contribution >= 0.6 is 27.7 Å². The molecular weight excluding hydrogens is 448 g/mol. The number of nitro groups is 1. The van der Waals surface area contributed by atoms with Crippen LogP contribution in [0.15, 0.2) is 63.2 Å². The topological polar surface area (TPSA) is 114 Å². The summed E-state index contributed by atoms with van der Waals surface area (Å²) in [6.07, 6.45) is 1.40. The van der Waals surface area contributed by atoms with Crippen molar-refractivity contribution in [3.63, 3.8) is 0 Å². The van der Waals surface area contributed by atoms with Crippen molar-refractivity contribution >= 4 is 56.5 Å². The first-order valence-corrected chi connectivity index (χ1v) is 9.71. The fourth-order valence-corrected chi connectivity index (χ4v) is 3.56. The Morgan fingerprint density at radius 3 is 2.75 bits per heavy atom. The monoisotopic (exact) mass is 460 g/mol. The molecule has 142 valence electrons. The van der Waals surface area contributed by atoms with Gasteiger partial charge in [0.05, 0.1) is 16.4 Å². The molecule has 1 aliphatic heterocycles. The third-order valence-corrected chi connectivity index (χ3v) is 5.35. The molecule has 1 atom stereocenters. The molecule has 2 aromatic carbocycles. The first kappa shape index (κ1) is 19.9. The normalized spacial score (nSPS) is 17.8. The van der Waals surface area contributed by atoms with Gasteiger partial charge in [0.1, 0.15) is 0 Å². The van der Waals surface area contributed by atoms with Crippen molar-refractivity contribution in [2.45, 2.75) is 11.7 Å². The summed E-state index contributed by atoms with van der Waals surface area (Å²) in [5.74, 6) is -0.443. The number of ketones is 1. The maximum Gasteiger partial charge on any atom is 0.270 e. The zero-order chi connectivity index (χ0) is 20.1. The van der Waals surface area contributed by atoms with E-state index in [0.717, 1.165) is 16.2 Å². The van der Waals surface area contributed by atoms with Crippen LogP contribution < -0.4 is 5.32 Å². The summed E-state index contributed by atoms with van der Waals surface area (Å²) in [7, 11) is 0. The van der Waals surface area contributed by atoms with Crippen molar-refractivity contribution < 1.29 is 14.5 Å². The summed E-state index contributed by atoms with van der Waals surface area (Å²) in [4.78, 5) is 34.6. The van der Waals surface area contributed by atoms with Gasteiger partial charge < -0.3 is 5.32 Å². The smallest absolute Gasteiger partial charge is 0.270 e. The quantitative estimate of drug-likeness (QED) is 0.306. The van der Waals surface area contributed by atoms with Crippen molar-refractivity contribution in [3.8, 4) is 0 Å². The maximum atomic E-state index is 12.3. The molecule has 10 heteroatoms. The highest BCUT2D eigenvalue weighted by atomic mass is 79.9. The second-order valence-electron chi connectivity index (χ2n) is 5.73. The number of non-ortho nitro benzene ring substituents is 1. The molecule has 8 nitrogen and oxygen atoms in total. The molecule has 0 radical (unpaired) electrons. The van der Waals surface area contributed by atoms with Gasteiger partial charge in [-0.25, -0.2) is 0 Å². The predicted molar refractivity (Wildman–Crippen MR) is 111 cm³/mol. The fraction of sp³-hybridized carbons (Fsp3) is 0.111. The van der Waals surface area contributed by atoms with Crippen LogP contribution in [0.3, 0.4) is 0 Å². The number of nitrogens with one attached hydrogen (secondary N) is 1. The molecule has 0 aliphatic carbocycles. The van der Waals surface area contributed by atoms with E-state index in [-0.39, 0.29) is 29.0 Å². The number of carbonyl (C=O) groups is 2. The van der Waals surface area contributed by atoms with Crippen LogP contribution in [0.1, 0.15) is 22.3 Å². The van der Waals surface area contributed by atoms with Crippen LogP contribution in [-0.2, 0) is 4.79 Å². The minimum absolute atomic E-state index is 0.0474. The van der Waals surface area contributed by atoms with E-state index >= 15 is 0 Å². The van der Waals surface area contributed by atoms with Crippen LogP contribution in [0.5, 0.6) is 0 Å². The highest BCUT2D eigenvalue weighted by Gasteiger charge is 2.32. The number of Topliss-reactive ketones (excluding diaryl/α,β-unsaturated/α-hetero) is 1. The van der Waals surface area contributed by atoms with Gasteiger partial charge in [-0.1, -0.05) is 52.0 Å². The van der Waals surface area contributed by atoms with Crippen LogP contribution in [-0.4, -0.2) is 33.2 Å². The lowest BCUT2D eigenvalue weighted by Crippen LogP contribution is -2.26. The first-order valence-electron chi connectivity index (χ1n) is 8.04. The summed E-state index contributed by atoms with van der Waals surface area (Å²) >= 11 is 4.44. The van der Waals surface area contributed by atoms with Gasteiger partial charge in [-0.3, -0.25) is 19.7 Å². The third kappa shape index (κ3) is 5.11. The molecule has 0 saturated carbocycles. The highest BCUT2D eigenvalue weighted by molar-refractivity contribution is 9.10. The molecule has 0 unspecified atom stereocenters. The number of hydrogen-bond donors (Lipinski definition) is 1. The predicted octanol–water partition coefficient (Wildman–Crippen LogP) is 3.55. The van der Waals surface area contributed by atoms with Crippen molar-refractivity contribution in [3.05, 3.63) is 74.2 Å². The Bertz CT molecular complexity index is 991. The van der Waals surface area contributed by atoms with Gasteiger partial charge in [-0.2, -0.15) is 5.10 Å². The lowest BCUT2D eigenvalue weighted by molar-refractivity contribution is -0.384. The van der Waals surface area contributed by atoms with Crippen LogP contribution in [0, 0.1) is 10.1 Å². The van der Waals surface area contributed by atoms with Gasteiger partial charge in [-0.05, 0) is 12.1 Å². The summed E-state index contributed by atoms with van der Waals surface area (Å²) in [6, 6.07) is 12.9. The SMILES string of the molecule is O=C(C[C@@H]1S/C(=N/N=C\c2cccc([N+](=O)[O-])c2)NC1=O)c1ccc(Br)cc1. The number of amidine groups is 1. The maximum absolute atomic E-state index is 12.3. The van der Waals surface area contributed by atoms with E-state index in [9.17, 15) is 19.7 Å². The summed E-state index contributed by atoms with van der Waals surface area (Å²) in [6.45, 7) is 0. The van der Waals surface area contributed by atoms with Crippen LogP contribution in [0.4, 0.5) is 5.69 Å². The Labute approximate surface area is 172 Å². The Kier molecular flexibility index (Phi) is 6.32. The Morgan fingerprint density at radius 2 is 2.04 bits per heavy atom. The second-order valence-corrected chi connectivity index (χ2v) is 7.84. The molecule has 1 fully saturated rings. The standard InChI is InChI=1S/C18H13BrN4O4S/c19-13-6-4-12(5-7-13)15(24)9-16-17(25)21-18(28-16)22-20-10-11-2-1-3-14(8-11)23(26)27/h1-8,10,16H,9H2,(H,21,22,25)/b20-10-/t16-/m0/s1. The Morgan fingerprint density at radius 1 is 1.29 bits per heavy atom. The molecular formula is C18H13BrN4O4S. The van der Waals surface area contributed by atoms with Gasteiger partial charge in [0.2, 0.25) is 5.91 Å². The summed E-state index contributed by atoms with van der Waals surface area (Å²) in [5.41, 5.74) is 0.993. The molecule has 0 spiro atoms. The number of halogens is 1. The van der Waals surface area contributed by atoms with E-state index in [0.29, 0.717) is 11.1 Å². The lowest BCUT2D eigenvalue weighted by atomic mass is 10.1. The molecule has 2 aromatic rings. The Balaban J connectivity index is 1.62. The Hall–Kier alpha value is -2.85. The van der Waals surface area contributed by atoms with Gasteiger partial charge in [0.25, 0.3) is 5.69 Å². The van der Waals surface area contributed by atoms with E-state index in [2.05, 4.69) is 31.4 Å². The number of rotatable bonds is 6. The minimum Gasteiger partial charge on any atom is -0.303 e. The largest absolute Gasteiger partial charge is 0.303 e. The number of thioether (sulfide) groups is 1. The number of benzene rings is 2. The van der Waals surface area contributed by atoms with E-state index < -0.39 is 10.2 Å². The van der Waals surface area contributed by atoms with Crippen molar-refractivity contribution in [1.82, 2.24) is 5.32 Å². The number of carbonyl (C=O) groups excluding carboxylic acids is 2. The second kappa shape index (κ2) is 8.89. The fourth-order valence-electron chi connectivity index (χ4n) is 2.38. The third-order valence-electron chi connectivity index (χ3n) is 3.75. The summed E-state index contributed by atoms with van der Waals surface area (Å²) < 4.78 is 0.869. The zero-order valence-electron chi connectivity index (χ0n) is 14.2. The van der Waals surface area contributed by atoms with E-state index in [1.165, 1.54) is 18.3 Å². The number of nitro benzene ring substituents is 1.